The second-order valence-electron chi connectivity index (χ2n) is 9.61. The van der Waals surface area contributed by atoms with E-state index in [9.17, 15) is 9.18 Å². The van der Waals surface area contributed by atoms with Crippen LogP contribution >= 0.6 is 0 Å². The molecule has 9 nitrogen and oxygen atoms in total. The number of nitrogens with one attached hydrogen (secondary N) is 3. The molecule has 194 valence electrons. The normalized spacial score (nSPS) is 20.1. The summed E-state index contributed by atoms with van der Waals surface area (Å²) in [6, 6.07) is 6.49. The molecule has 1 unspecified atom stereocenters. The Morgan fingerprint density at radius 3 is 2.84 bits per heavy atom. The number of methoxy groups -OCH3 is 1. The van der Waals surface area contributed by atoms with Crippen LogP contribution in [0.5, 0.6) is 11.5 Å². The monoisotopic (exact) mass is 508 g/mol. The molecule has 1 atom stereocenters. The standard InChI is InChI=1S/C27H29FN4O5/c1-34-24-18(28)3-2-4-19(24)31-23-21-25(27(15-30-26(21)33)7-11-35-12-8-27)32-22(23)17-5-9-29-13-20(17)37-14-16-6-10-36-16/h2-5,9,13,16,31-32H,6-8,10-12,14-15H2,1H3,(H,30,33). The number of aromatic amines is 1. The molecule has 5 heterocycles. The minimum Gasteiger partial charge on any atom is -0.492 e. The number of para-hydroxylation sites is 1. The number of halogens is 1. The molecule has 1 aromatic carbocycles. The van der Waals surface area contributed by atoms with E-state index in [-0.39, 0.29) is 23.2 Å². The van der Waals surface area contributed by atoms with Gasteiger partial charge in [-0.05, 0) is 31.0 Å². The summed E-state index contributed by atoms with van der Waals surface area (Å²) in [5, 5.41) is 6.40. The number of aromatic nitrogens is 2. The SMILES string of the molecule is COc1c(F)cccc1Nc1c(-c2ccncc2OCC2CCO2)[nH]c2c1C(=O)NCC21CCOCC1. The van der Waals surface area contributed by atoms with Crippen molar-refractivity contribution in [3.05, 3.63) is 53.7 Å². The Kier molecular flexibility index (Phi) is 6.21. The van der Waals surface area contributed by atoms with Gasteiger partial charge in [-0.3, -0.25) is 9.78 Å². The van der Waals surface area contributed by atoms with Crippen LogP contribution in [0, 0.1) is 5.82 Å². The van der Waals surface area contributed by atoms with Crippen LogP contribution in [0.2, 0.25) is 0 Å². The minimum absolute atomic E-state index is 0.0512. The highest BCUT2D eigenvalue weighted by atomic mass is 19.1. The van der Waals surface area contributed by atoms with Gasteiger partial charge in [-0.25, -0.2) is 4.39 Å². The summed E-state index contributed by atoms with van der Waals surface area (Å²) in [7, 11) is 1.41. The molecule has 1 amide bonds. The number of nitrogens with zero attached hydrogens (tertiary/aromatic N) is 1. The van der Waals surface area contributed by atoms with Crippen LogP contribution in [0.1, 0.15) is 35.3 Å². The number of ether oxygens (including phenoxy) is 4. The van der Waals surface area contributed by atoms with Gasteiger partial charge in [0.25, 0.3) is 5.91 Å². The van der Waals surface area contributed by atoms with E-state index in [1.807, 2.05) is 6.07 Å². The molecule has 3 N–H and O–H groups in total. The molecule has 0 aliphatic carbocycles. The summed E-state index contributed by atoms with van der Waals surface area (Å²) in [5.74, 6) is -0.0786. The van der Waals surface area contributed by atoms with Crippen LogP contribution < -0.4 is 20.1 Å². The van der Waals surface area contributed by atoms with E-state index in [0.717, 1.165) is 37.1 Å². The second-order valence-corrected chi connectivity index (χ2v) is 9.61. The van der Waals surface area contributed by atoms with Crippen molar-refractivity contribution in [1.82, 2.24) is 15.3 Å². The van der Waals surface area contributed by atoms with Crippen molar-refractivity contribution in [1.29, 1.82) is 0 Å². The molecule has 3 aliphatic heterocycles. The highest BCUT2D eigenvalue weighted by molar-refractivity contribution is 6.07. The number of pyridine rings is 1. The molecule has 0 saturated carbocycles. The summed E-state index contributed by atoms with van der Waals surface area (Å²) in [6.45, 7) is 2.87. The molecular formula is C27H29FN4O5. The Morgan fingerprint density at radius 2 is 2.08 bits per heavy atom. The Bertz CT molecular complexity index is 1320. The predicted molar refractivity (Wildman–Crippen MR) is 134 cm³/mol. The van der Waals surface area contributed by atoms with Crippen molar-refractivity contribution in [2.45, 2.75) is 30.8 Å². The third kappa shape index (κ3) is 4.19. The molecule has 10 heteroatoms. The van der Waals surface area contributed by atoms with Crippen molar-refractivity contribution in [3.8, 4) is 22.8 Å². The van der Waals surface area contributed by atoms with Gasteiger partial charge in [-0.2, -0.15) is 0 Å². The first-order chi connectivity index (χ1) is 18.1. The molecule has 2 fully saturated rings. The first kappa shape index (κ1) is 23.7. The van der Waals surface area contributed by atoms with Crippen LogP contribution in [-0.4, -0.2) is 62.1 Å². The van der Waals surface area contributed by atoms with Gasteiger partial charge < -0.3 is 34.6 Å². The van der Waals surface area contributed by atoms with E-state index in [1.54, 1.807) is 24.5 Å². The molecule has 0 bridgehead atoms. The van der Waals surface area contributed by atoms with E-state index in [2.05, 4.69) is 20.6 Å². The van der Waals surface area contributed by atoms with Gasteiger partial charge in [0.15, 0.2) is 11.6 Å². The van der Waals surface area contributed by atoms with Gasteiger partial charge in [-0.15, -0.1) is 0 Å². The number of hydrogen-bond acceptors (Lipinski definition) is 7. The first-order valence-electron chi connectivity index (χ1n) is 12.5. The summed E-state index contributed by atoms with van der Waals surface area (Å²) in [4.78, 5) is 21.2. The fourth-order valence-electron chi connectivity index (χ4n) is 5.32. The van der Waals surface area contributed by atoms with Gasteiger partial charge in [0.05, 0.1) is 42.0 Å². The zero-order chi connectivity index (χ0) is 25.4. The van der Waals surface area contributed by atoms with Crippen molar-refractivity contribution in [2.24, 2.45) is 0 Å². The van der Waals surface area contributed by atoms with Gasteiger partial charge >= 0.3 is 0 Å². The van der Waals surface area contributed by atoms with Crippen molar-refractivity contribution in [2.75, 3.05) is 45.4 Å². The second kappa shape index (κ2) is 9.68. The average molecular weight is 509 g/mol. The van der Waals surface area contributed by atoms with E-state index in [1.165, 1.54) is 13.2 Å². The van der Waals surface area contributed by atoms with E-state index < -0.39 is 5.82 Å². The number of carbonyl (C=O) groups excluding carboxylic acids is 1. The maximum absolute atomic E-state index is 14.6. The third-order valence-electron chi connectivity index (χ3n) is 7.50. The minimum atomic E-state index is -0.503. The summed E-state index contributed by atoms with van der Waals surface area (Å²) < 4.78 is 37.2. The molecule has 0 radical (unpaired) electrons. The summed E-state index contributed by atoms with van der Waals surface area (Å²) in [6.07, 6.45) is 5.87. The lowest BCUT2D eigenvalue weighted by atomic mass is 9.73. The smallest absolute Gasteiger partial charge is 0.255 e. The van der Waals surface area contributed by atoms with Gasteiger partial charge in [0.1, 0.15) is 12.4 Å². The fourth-order valence-corrected chi connectivity index (χ4v) is 5.32. The number of hydrogen-bond donors (Lipinski definition) is 3. The fraction of sp³-hybridized carbons (Fsp3) is 0.407. The van der Waals surface area contributed by atoms with Crippen LogP contribution in [0.4, 0.5) is 15.8 Å². The zero-order valence-electron chi connectivity index (χ0n) is 20.6. The number of H-pyrrole nitrogens is 1. The average Bonchev–Trinajstić information content (AvgIpc) is 3.27. The van der Waals surface area contributed by atoms with Crippen LogP contribution in [-0.2, 0) is 14.9 Å². The van der Waals surface area contributed by atoms with E-state index in [4.69, 9.17) is 18.9 Å². The molecule has 3 aliphatic rings. The lowest BCUT2D eigenvalue weighted by Gasteiger charge is -2.40. The van der Waals surface area contributed by atoms with Crippen molar-refractivity contribution < 1.29 is 28.1 Å². The molecule has 6 rings (SSSR count). The Balaban J connectivity index is 1.51. The summed E-state index contributed by atoms with van der Waals surface area (Å²) in [5.41, 5.74) is 3.37. The molecule has 1 spiro atoms. The first-order valence-corrected chi connectivity index (χ1v) is 12.5. The number of benzene rings is 1. The predicted octanol–water partition coefficient (Wildman–Crippen LogP) is 3.93. The van der Waals surface area contributed by atoms with E-state index >= 15 is 0 Å². The quantitative estimate of drug-likeness (QED) is 0.444. The highest BCUT2D eigenvalue weighted by Gasteiger charge is 2.44. The Labute approximate surface area is 213 Å². The maximum atomic E-state index is 14.6. The van der Waals surface area contributed by atoms with Crippen LogP contribution in [0.3, 0.4) is 0 Å². The number of amides is 1. The zero-order valence-corrected chi connectivity index (χ0v) is 20.6. The number of fused-ring (bicyclic) bond motifs is 2. The van der Waals surface area contributed by atoms with Crippen molar-refractivity contribution >= 4 is 17.3 Å². The van der Waals surface area contributed by atoms with Gasteiger partial charge in [0, 0.05) is 55.7 Å². The van der Waals surface area contributed by atoms with Crippen LogP contribution in [0.15, 0.2) is 36.7 Å². The Morgan fingerprint density at radius 1 is 1.24 bits per heavy atom. The molecule has 37 heavy (non-hydrogen) atoms. The highest BCUT2D eigenvalue weighted by Crippen LogP contribution is 2.47. The van der Waals surface area contributed by atoms with Crippen LogP contribution in [0.25, 0.3) is 11.3 Å². The topological polar surface area (TPSA) is 107 Å². The van der Waals surface area contributed by atoms with Gasteiger partial charge in [0.2, 0.25) is 0 Å². The number of rotatable bonds is 7. The Hall–Kier alpha value is -3.63. The summed E-state index contributed by atoms with van der Waals surface area (Å²) >= 11 is 0. The largest absolute Gasteiger partial charge is 0.492 e. The third-order valence-corrected chi connectivity index (χ3v) is 7.50. The number of carbonyl (C=O) groups is 1. The molecule has 3 aromatic rings. The van der Waals surface area contributed by atoms with E-state index in [0.29, 0.717) is 54.7 Å². The molecule has 2 aromatic heterocycles. The maximum Gasteiger partial charge on any atom is 0.255 e. The number of anilines is 2. The molecule has 2 saturated heterocycles. The van der Waals surface area contributed by atoms with Gasteiger partial charge in [-0.1, -0.05) is 6.07 Å². The lowest BCUT2D eigenvalue weighted by molar-refractivity contribution is -0.0720. The lowest BCUT2D eigenvalue weighted by Crippen LogP contribution is -2.49. The molecular weight excluding hydrogens is 479 g/mol. The van der Waals surface area contributed by atoms with Crippen molar-refractivity contribution in [3.63, 3.8) is 0 Å².